The summed E-state index contributed by atoms with van der Waals surface area (Å²) < 4.78 is 5.71. The molecule has 182 valence electrons. The second-order valence-electron chi connectivity index (χ2n) is 8.91. The van der Waals surface area contributed by atoms with Gasteiger partial charge < -0.3 is 4.74 Å². The van der Waals surface area contributed by atoms with E-state index in [1.807, 2.05) is 24.3 Å². The van der Waals surface area contributed by atoms with E-state index >= 15 is 0 Å². The van der Waals surface area contributed by atoms with Crippen LogP contribution in [0.2, 0.25) is 0 Å². The van der Waals surface area contributed by atoms with Crippen LogP contribution in [-0.2, 0) is 11.2 Å². The predicted octanol–water partition coefficient (Wildman–Crippen LogP) is 8.65. The van der Waals surface area contributed by atoms with E-state index in [1.165, 1.54) is 68.3 Å². The quantitative estimate of drug-likeness (QED) is 0.125. The molecule has 3 rings (SSSR count). The third-order valence-corrected chi connectivity index (χ3v) is 7.03. The Labute approximate surface area is 208 Å². The average molecular weight is 479 g/mol. The number of unbranched alkanes of at least 4 members (excludes halogenated alkanes) is 8. The van der Waals surface area contributed by atoms with Crippen LogP contribution in [0.4, 0.5) is 0 Å². The van der Waals surface area contributed by atoms with Crippen LogP contribution in [0.1, 0.15) is 90.0 Å². The molecule has 0 aliphatic rings. The average Bonchev–Trinajstić information content (AvgIpc) is 3.35. The molecule has 0 aliphatic heterocycles. The van der Waals surface area contributed by atoms with Gasteiger partial charge in [0.1, 0.15) is 10.8 Å². The Morgan fingerprint density at radius 3 is 2.18 bits per heavy atom. The van der Waals surface area contributed by atoms with Crippen LogP contribution >= 0.6 is 11.3 Å². The highest BCUT2D eigenvalue weighted by Crippen LogP contribution is 2.35. The Morgan fingerprint density at radius 2 is 1.41 bits per heavy atom. The topological polar surface area (TPSA) is 52.1 Å². The summed E-state index contributed by atoms with van der Waals surface area (Å²) >= 11 is 1.53. The molecule has 0 saturated heterocycles. The van der Waals surface area contributed by atoms with Crippen LogP contribution < -0.4 is 4.74 Å². The van der Waals surface area contributed by atoms with Crippen molar-refractivity contribution in [2.75, 3.05) is 0 Å². The number of carbonyl (C=O) groups excluding carboxylic acids is 1. The largest absolute Gasteiger partial charge is 0.426 e. The van der Waals surface area contributed by atoms with Crippen LogP contribution in [0.3, 0.4) is 0 Å². The first-order valence-electron chi connectivity index (χ1n) is 12.9. The molecule has 4 nitrogen and oxygen atoms in total. The molecule has 3 aromatic rings. The molecule has 2 aromatic carbocycles. The predicted molar refractivity (Wildman–Crippen MR) is 142 cm³/mol. The van der Waals surface area contributed by atoms with Crippen LogP contribution in [0.15, 0.2) is 48.5 Å². The second-order valence-corrected chi connectivity index (χ2v) is 9.89. The maximum absolute atomic E-state index is 12.4. The number of esters is 1. The first-order valence-corrected chi connectivity index (χ1v) is 13.8. The van der Waals surface area contributed by atoms with Crippen molar-refractivity contribution < 1.29 is 9.53 Å². The summed E-state index contributed by atoms with van der Waals surface area (Å²) in [5, 5.41) is 10.5. The summed E-state index contributed by atoms with van der Waals surface area (Å²) in [7, 11) is 0. The van der Waals surface area contributed by atoms with E-state index in [0.29, 0.717) is 12.2 Å². The van der Waals surface area contributed by atoms with Gasteiger partial charge in [0.2, 0.25) is 0 Å². The minimum atomic E-state index is -0.179. The molecule has 1 heterocycles. The van der Waals surface area contributed by atoms with Gasteiger partial charge in [-0.05, 0) is 37.0 Å². The highest BCUT2D eigenvalue weighted by Gasteiger charge is 2.15. The van der Waals surface area contributed by atoms with E-state index in [2.05, 4.69) is 48.3 Å². The fourth-order valence-corrected chi connectivity index (χ4v) is 4.85. The summed E-state index contributed by atoms with van der Waals surface area (Å²) in [6.07, 6.45) is 13.6. The van der Waals surface area contributed by atoms with Gasteiger partial charge >= 0.3 is 5.97 Å². The summed E-state index contributed by atoms with van der Waals surface area (Å²) in [5.41, 5.74) is 3.25. The van der Waals surface area contributed by atoms with Crippen molar-refractivity contribution in [3.8, 4) is 26.9 Å². The van der Waals surface area contributed by atoms with Crippen LogP contribution in [0.25, 0.3) is 21.1 Å². The van der Waals surface area contributed by atoms with Crippen molar-refractivity contribution in [3.63, 3.8) is 0 Å². The van der Waals surface area contributed by atoms with Gasteiger partial charge in [-0.25, -0.2) is 0 Å². The van der Waals surface area contributed by atoms with E-state index in [-0.39, 0.29) is 5.97 Å². The zero-order valence-corrected chi connectivity index (χ0v) is 21.5. The SMILES string of the molecule is CCCCCCCCC(=O)Oc1ccccc1-c1nnc(-c2ccc(CCCCCC)cc2)s1. The second kappa shape index (κ2) is 14.7. The number of hydrogen-bond donors (Lipinski definition) is 0. The van der Waals surface area contributed by atoms with Crippen molar-refractivity contribution in [2.45, 2.75) is 90.9 Å². The number of aryl methyl sites for hydroxylation is 1. The zero-order chi connectivity index (χ0) is 24.0. The van der Waals surface area contributed by atoms with Gasteiger partial charge in [-0.3, -0.25) is 4.79 Å². The van der Waals surface area contributed by atoms with Gasteiger partial charge in [0.05, 0.1) is 5.56 Å². The number of nitrogens with zero attached hydrogens (tertiary/aromatic N) is 2. The Balaban J connectivity index is 1.58. The molecule has 0 unspecified atom stereocenters. The molecule has 0 aliphatic carbocycles. The fourth-order valence-electron chi connectivity index (χ4n) is 3.97. The lowest BCUT2D eigenvalue weighted by atomic mass is 10.0. The minimum absolute atomic E-state index is 0.179. The molecular formula is C29H38N2O2S. The Hall–Kier alpha value is -2.53. The molecule has 0 bridgehead atoms. The zero-order valence-electron chi connectivity index (χ0n) is 20.7. The van der Waals surface area contributed by atoms with Crippen molar-refractivity contribution in [1.82, 2.24) is 10.2 Å². The smallest absolute Gasteiger partial charge is 0.311 e. The molecule has 0 saturated carbocycles. The van der Waals surface area contributed by atoms with Crippen molar-refractivity contribution in [1.29, 1.82) is 0 Å². The number of rotatable bonds is 15. The number of hydrogen-bond acceptors (Lipinski definition) is 5. The molecule has 1 aromatic heterocycles. The van der Waals surface area contributed by atoms with Crippen molar-refractivity contribution in [3.05, 3.63) is 54.1 Å². The monoisotopic (exact) mass is 478 g/mol. The lowest BCUT2D eigenvalue weighted by Crippen LogP contribution is -2.08. The van der Waals surface area contributed by atoms with Crippen LogP contribution in [0.5, 0.6) is 5.75 Å². The number of ether oxygens (including phenoxy) is 1. The van der Waals surface area contributed by atoms with Gasteiger partial charge in [-0.15, -0.1) is 10.2 Å². The molecular weight excluding hydrogens is 440 g/mol. The Morgan fingerprint density at radius 1 is 0.765 bits per heavy atom. The van der Waals surface area contributed by atoms with Gasteiger partial charge in [0.25, 0.3) is 0 Å². The molecule has 0 spiro atoms. The first kappa shape index (κ1) is 26.1. The number of benzene rings is 2. The summed E-state index contributed by atoms with van der Waals surface area (Å²) in [6, 6.07) is 16.3. The third-order valence-electron chi connectivity index (χ3n) is 6.02. The number of carbonyl (C=O) groups is 1. The summed E-state index contributed by atoms with van der Waals surface area (Å²) in [6.45, 7) is 4.45. The number of para-hydroxylation sites is 1. The van der Waals surface area contributed by atoms with E-state index in [1.54, 1.807) is 0 Å². The van der Waals surface area contributed by atoms with E-state index in [4.69, 9.17) is 4.74 Å². The van der Waals surface area contributed by atoms with Crippen LogP contribution in [-0.4, -0.2) is 16.2 Å². The lowest BCUT2D eigenvalue weighted by Gasteiger charge is -2.08. The maximum atomic E-state index is 12.4. The summed E-state index contributed by atoms with van der Waals surface area (Å²) in [5.74, 6) is 0.380. The normalized spacial score (nSPS) is 11.0. The lowest BCUT2D eigenvalue weighted by molar-refractivity contribution is -0.134. The standard InChI is InChI=1S/C29H38N2O2S/c1-3-5-7-9-10-12-18-27(32)33-26-17-14-13-16-25(26)29-31-30-28(34-29)24-21-19-23(20-22-24)15-11-8-6-4-2/h13-14,16-17,19-22H,3-12,15,18H2,1-2H3. The molecule has 0 atom stereocenters. The van der Waals surface area contributed by atoms with Crippen LogP contribution in [0, 0.1) is 0 Å². The summed E-state index contributed by atoms with van der Waals surface area (Å²) in [4.78, 5) is 12.4. The molecule has 0 fully saturated rings. The number of aromatic nitrogens is 2. The first-order chi connectivity index (χ1) is 16.7. The van der Waals surface area contributed by atoms with E-state index in [9.17, 15) is 4.79 Å². The van der Waals surface area contributed by atoms with Crippen molar-refractivity contribution in [2.24, 2.45) is 0 Å². The van der Waals surface area contributed by atoms with E-state index < -0.39 is 0 Å². The molecule has 34 heavy (non-hydrogen) atoms. The van der Waals surface area contributed by atoms with Gasteiger partial charge in [0, 0.05) is 12.0 Å². The molecule has 0 radical (unpaired) electrons. The van der Waals surface area contributed by atoms with Gasteiger partial charge in [-0.1, -0.05) is 113 Å². The Kier molecular flexibility index (Phi) is 11.3. The minimum Gasteiger partial charge on any atom is -0.426 e. The maximum Gasteiger partial charge on any atom is 0.311 e. The fraction of sp³-hybridized carbons (Fsp3) is 0.483. The van der Waals surface area contributed by atoms with Gasteiger partial charge in [-0.2, -0.15) is 0 Å². The third kappa shape index (κ3) is 8.35. The Bertz CT molecular complexity index is 997. The van der Waals surface area contributed by atoms with Crippen molar-refractivity contribution >= 4 is 17.3 Å². The molecule has 0 N–H and O–H groups in total. The highest BCUT2D eigenvalue weighted by molar-refractivity contribution is 7.18. The molecule has 0 amide bonds. The van der Waals surface area contributed by atoms with E-state index in [0.717, 1.165) is 40.4 Å². The van der Waals surface area contributed by atoms with Gasteiger partial charge in [0.15, 0.2) is 5.01 Å². The molecule has 5 heteroatoms. The highest BCUT2D eigenvalue weighted by atomic mass is 32.1.